The molecule has 3 heterocycles. The molecule has 0 bridgehead atoms. The molecule has 2 aromatic carbocycles. The highest BCUT2D eigenvalue weighted by Gasteiger charge is 2.25. The molecule has 0 aliphatic carbocycles. The molecule has 1 amide bonds. The van der Waals surface area contributed by atoms with Gasteiger partial charge in [0.05, 0.1) is 20.4 Å². The van der Waals surface area contributed by atoms with Crippen LogP contribution in [0.15, 0.2) is 46.9 Å². The number of hydrogen-bond acceptors (Lipinski definition) is 6. The summed E-state index contributed by atoms with van der Waals surface area (Å²) >= 11 is 6.68. The molecule has 1 saturated heterocycles. The highest BCUT2D eigenvalue weighted by atomic mass is 79.9. The first-order valence-corrected chi connectivity index (χ1v) is 11.1. The van der Waals surface area contributed by atoms with Crippen molar-refractivity contribution >= 4 is 70.1 Å². The van der Waals surface area contributed by atoms with Crippen LogP contribution in [0.2, 0.25) is 0 Å². The van der Waals surface area contributed by atoms with Gasteiger partial charge >= 0.3 is 0 Å². The Labute approximate surface area is 172 Å². The van der Waals surface area contributed by atoms with Crippen LogP contribution in [0.4, 0.5) is 5.13 Å². The second-order valence-electron chi connectivity index (χ2n) is 6.37. The lowest BCUT2D eigenvalue weighted by molar-refractivity contribution is 0.0746. The number of anilines is 1. The summed E-state index contributed by atoms with van der Waals surface area (Å²) in [5.74, 6) is 0.0316. The predicted octanol–water partition coefficient (Wildman–Crippen LogP) is 4.63. The van der Waals surface area contributed by atoms with E-state index in [1.54, 1.807) is 11.3 Å². The smallest absolute Gasteiger partial charge is 0.282 e. The van der Waals surface area contributed by atoms with Crippen LogP contribution in [0.3, 0.4) is 0 Å². The van der Waals surface area contributed by atoms with Gasteiger partial charge in [-0.2, -0.15) is 0 Å². The summed E-state index contributed by atoms with van der Waals surface area (Å²) < 4.78 is 3.30. The molecule has 1 fully saturated rings. The van der Waals surface area contributed by atoms with Gasteiger partial charge in [-0.15, -0.1) is 11.3 Å². The number of amides is 1. The number of hydrogen-bond donors (Lipinski definition) is 0. The Balaban J connectivity index is 1.30. The van der Waals surface area contributed by atoms with Gasteiger partial charge in [-0.1, -0.05) is 39.4 Å². The number of rotatable bonds is 2. The van der Waals surface area contributed by atoms with Gasteiger partial charge in [-0.25, -0.2) is 9.97 Å². The molecule has 1 aliphatic heterocycles. The van der Waals surface area contributed by atoms with E-state index in [0.29, 0.717) is 18.1 Å². The van der Waals surface area contributed by atoms with Crippen molar-refractivity contribution in [1.82, 2.24) is 14.9 Å². The maximum absolute atomic E-state index is 12.8. The molecule has 0 saturated carbocycles. The second kappa shape index (κ2) is 6.85. The van der Waals surface area contributed by atoms with Crippen LogP contribution in [0, 0.1) is 0 Å². The number of nitrogens with zero attached hydrogens (tertiary/aromatic N) is 4. The van der Waals surface area contributed by atoms with E-state index in [9.17, 15) is 4.79 Å². The van der Waals surface area contributed by atoms with E-state index < -0.39 is 0 Å². The summed E-state index contributed by atoms with van der Waals surface area (Å²) in [6.45, 7) is 2.96. The minimum Gasteiger partial charge on any atom is -0.345 e. The Hall–Kier alpha value is -2.03. The molecular weight excluding hydrogens is 444 g/mol. The number of piperazine rings is 1. The van der Waals surface area contributed by atoms with E-state index in [-0.39, 0.29) is 5.91 Å². The average Bonchev–Trinajstić information content (AvgIpc) is 3.31. The molecule has 0 N–H and O–H groups in total. The fourth-order valence-corrected chi connectivity index (χ4v) is 5.72. The first-order valence-electron chi connectivity index (χ1n) is 8.63. The molecule has 5 nitrogen and oxygen atoms in total. The van der Waals surface area contributed by atoms with Crippen molar-refractivity contribution in [1.29, 1.82) is 0 Å². The molecular formula is C19H15BrN4OS2. The molecule has 0 spiro atoms. The van der Waals surface area contributed by atoms with Crippen LogP contribution in [-0.4, -0.2) is 47.0 Å². The monoisotopic (exact) mass is 458 g/mol. The topological polar surface area (TPSA) is 49.3 Å². The lowest BCUT2D eigenvalue weighted by Gasteiger charge is -2.34. The fourth-order valence-electron chi connectivity index (χ4n) is 3.22. The van der Waals surface area contributed by atoms with E-state index in [2.05, 4.69) is 31.9 Å². The SMILES string of the molecule is O=C(c1nc2ccccc2s1)N1CCN(c2nc3ccc(Br)cc3s2)CC1. The first-order chi connectivity index (χ1) is 13.2. The van der Waals surface area contributed by atoms with Gasteiger partial charge in [0, 0.05) is 30.7 Å². The van der Waals surface area contributed by atoms with Gasteiger partial charge < -0.3 is 9.80 Å². The van der Waals surface area contributed by atoms with Crippen molar-refractivity contribution in [3.8, 4) is 0 Å². The van der Waals surface area contributed by atoms with Gasteiger partial charge in [0.15, 0.2) is 10.1 Å². The second-order valence-corrected chi connectivity index (χ2v) is 9.33. The van der Waals surface area contributed by atoms with E-state index in [0.717, 1.165) is 38.4 Å². The zero-order valence-electron chi connectivity index (χ0n) is 14.3. The Morgan fingerprint density at radius 1 is 0.926 bits per heavy atom. The number of carbonyl (C=O) groups is 1. The summed E-state index contributed by atoms with van der Waals surface area (Å²) in [6.07, 6.45) is 0. The van der Waals surface area contributed by atoms with Crippen molar-refractivity contribution < 1.29 is 4.79 Å². The summed E-state index contributed by atoms with van der Waals surface area (Å²) in [5, 5.41) is 1.60. The third-order valence-electron chi connectivity index (χ3n) is 4.65. The quantitative estimate of drug-likeness (QED) is 0.439. The summed E-state index contributed by atoms with van der Waals surface area (Å²) in [7, 11) is 0. The van der Waals surface area contributed by atoms with Crippen molar-refractivity contribution in [2.45, 2.75) is 0 Å². The molecule has 136 valence electrons. The standard InChI is InChI=1S/C19H15BrN4OS2/c20-12-5-6-14-16(11-12)27-19(22-14)24-9-7-23(8-10-24)18(25)17-21-13-3-1-2-4-15(13)26-17/h1-6,11H,7-10H2. The number of carbonyl (C=O) groups excluding carboxylic acids is 1. The Morgan fingerprint density at radius 3 is 2.52 bits per heavy atom. The van der Waals surface area contributed by atoms with E-state index in [4.69, 9.17) is 4.98 Å². The van der Waals surface area contributed by atoms with Gasteiger partial charge in [0.1, 0.15) is 0 Å². The van der Waals surface area contributed by atoms with Gasteiger partial charge in [0.2, 0.25) is 0 Å². The van der Waals surface area contributed by atoms with Crippen molar-refractivity contribution in [2.75, 3.05) is 31.1 Å². The van der Waals surface area contributed by atoms with Crippen molar-refractivity contribution in [2.24, 2.45) is 0 Å². The van der Waals surface area contributed by atoms with Crippen LogP contribution < -0.4 is 4.90 Å². The van der Waals surface area contributed by atoms with E-state index in [1.165, 1.54) is 16.0 Å². The number of thiazole rings is 2. The fraction of sp³-hybridized carbons (Fsp3) is 0.211. The molecule has 4 aromatic rings. The number of benzene rings is 2. The van der Waals surface area contributed by atoms with Crippen molar-refractivity contribution in [3.05, 3.63) is 51.9 Å². The highest BCUT2D eigenvalue weighted by Crippen LogP contribution is 2.31. The number of fused-ring (bicyclic) bond motifs is 2. The number of halogens is 1. The lowest BCUT2D eigenvalue weighted by Crippen LogP contribution is -2.48. The third kappa shape index (κ3) is 3.22. The van der Waals surface area contributed by atoms with Crippen molar-refractivity contribution in [3.63, 3.8) is 0 Å². The van der Waals surface area contributed by atoms with Gasteiger partial charge in [0.25, 0.3) is 5.91 Å². The molecule has 0 unspecified atom stereocenters. The molecule has 0 radical (unpaired) electrons. The third-order valence-corrected chi connectivity index (χ3v) is 7.25. The minimum absolute atomic E-state index is 0.0316. The molecule has 8 heteroatoms. The molecule has 5 rings (SSSR count). The number of aromatic nitrogens is 2. The average molecular weight is 459 g/mol. The molecule has 0 atom stereocenters. The first kappa shape index (κ1) is 17.1. The maximum Gasteiger partial charge on any atom is 0.282 e. The molecule has 2 aromatic heterocycles. The Morgan fingerprint density at radius 2 is 1.70 bits per heavy atom. The predicted molar refractivity (Wildman–Crippen MR) is 115 cm³/mol. The normalized spacial score (nSPS) is 15.0. The number of para-hydroxylation sites is 1. The van der Waals surface area contributed by atoms with Crippen LogP contribution in [-0.2, 0) is 0 Å². The minimum atomic E-state index is 0.0316. The maximum atomic E-state index is 12.8. The Kier molecular flexibility index (Phi) is 4.34. The van der Waals surface area contributed by atoms with Crippen LogP contribution in [0.25, 0.3) is 20.4 Å². The summed E-state index contributed by atoms with van der Waals surface area (Å²) in [4.78, 5) is 26.2. The lowest BCUT2D eigenvalue weighted by atomic mass is 10.3. The van der Waals surface area contributed by atoms with E-state index in [1.807, 2.05) is 41.3 Å². The largest absolute Gasteiger partial charge is 0.345 e. The summed E-state index contributed by atoms with van der Waals surface area (Å²) in [6, 6.07) is 14.0. The zero-order chi connectivity index (χ0) is 18.4. The Bertz CT molecular complexity index is 1110. The molecule has 27 heavy (non-hydrogen) atoms. The zero-order valence-corrected chi connectivity index (χ0v) is 17.5. The van der Waals surface area contributed by atoms with Gasteiger partial charge in [-0.05, 0) is 30.3 Å². The van der Waals surface area contributed by atoms with Crippen LogP contribution in [0.5, 0.6) is 0 Å². The van der Waals surface area contributed by atoms with E-state index >= 15 is 0 Å². The molecule has 1 aliphatic rings. The van der Waals surface area contributed by atoms with Gasteiger partial charge in [-0.3, -0.25) is 4.79 Å². The van der Waals surface area contributed by atoms with Crippen LogP contribution >= 0.6 is 38.6 Å². The highest BCUT2D eigenvalue weighted by molar-refractivity contribution is 9.10. The summed E-state index contributed by atoms with van der Waals surface area (Å²) in [5.41, 5.74) is 1.91. The van der Waals surface area contributed by atoms with Crippen LogP contribution in [0.1, 0.15) is 9.80 Å².